The lowest BCUT2D eigenvalue weighted by molar-refractivity contribution is -0.168. The predicted molar refractivity (Wildman–Crippen MR) is 87.3 cm³/mol. The smallest absolute Gasteiger partial charge is 0.397 e. The first-order valence-electron chi connectivity index (χ1n) is 7.99. The summed E-state index contributed by atoms with van der Waals surface area (Å²) in [5, 5.41) is 2.16. The maximum Gasteiger partial charge on any atom is 0.397 e. The van der Waals surface area contributed by atoms with E-state index in [-0.39, 0.29) is 13.1 Å². The number of hydrazine groups is 1. The molecule has 0 spiro atoms. The second kappa shape index (κ2) is 9.02. The van der Waals surface area contributed by atoms with Crippen LogP contribution in [0.25, 0.3) is 0 Å². The summed E-state index contributed by atoms with van der Waals surface area (Å²) in [6.45, 7) is 4.74. The lowest BCUT2D eigenvalue weighted by Crippen LogP contribution is -2.55. The molecule has 1 aliphatic rings. The van der Waals surface area contributed by atoms with Gasteiger partial charge in [0.2, 0.25) is 0 Å². The molecule has 26 heavy (non-hydrogen) atoms. The molecule has 0 radical (unpaired) electrons. The fourth-order valence-corrected chi connectivity index (χ4v) is 2.19. The Morgan fingerprint density at radius 3 is 2.35 bits per heavy atom. The van der Waals surface area contributed by atoms with Crippen molar-refractivity contribution < 1.29 is 33.4 Å². The molecule has 0 aromatic rings. The van der Waals surface area contributed by atoms with Gasteiger partial charge in [0.25, 0.3) is 5.91 Å². The molecule has 0 saturated carbocycles. The number of nitrogens with zero attached hydrogens (tertiary/aromatic N) is 1. The van der Waals surface area contributed by atoms with Gasteiger partial charge in [0, 0.05) is 6.54 Å². The monoisotopic (exact) mass is 372 g/mol. The zero-order chi connectivity index (χ0) is 19.9. The molecule has 0 aromatic carbocycles. The molecule has 0 aromatic heterocycles. The van der Waals surface area contributed by atoms with E-state index in [9.17, 15) is 24.0 Å². The van der Waals surface area contributed by atoms with Crippen LogP contribution in [-0.4, -0.2) is 66.5 Å². The molecule has 3 N–H and O–H groups in total. The molecule has 0 aliphatic carbocycles. The first-order valence-corrected chi connectivity index (χ1v) is 7.99. The molecule has 1 heterocycles. The van der Waals surface area contributed by atoms with E-state index in [2.05, 4.69) is 20.9 Å². The van der Waals surface area contributed by atoms with Crippen LogP contribution < -0.4 is 16.2 Å². The van der Waals surface area contributed by atoms with Gasteiger partial charge in [-0.15, -0.1) is 0 Å². The average molecular weight is 372 g/mol. The van der Waals surface area contributed by atoms with Crippen molar-refractivity contribution in [1.29, 1.82) is 0 Å². The van der Waals surface area contributed by atoms with Gasteiger partial charge >= 0.3 is 23.9 Å². The van der Waals surface area contributed by atoms with Crippen LogP contribution in [0.3, 0.4) is 0 Å². The minimum Gasteiger partial charge on any atom is -0.468 e. The number of urea groups is 1. The van der Waals surface area contributed by atoms with Gasteiger partial charge in [-0.2, -0.15) is 0 Å². The number of hydrogen-bond donors (Lipinski definition) is 3. The third kappa shape index (κ3) is 6.57. The first-order chi connectivity index (χ1) is 12.0. The number of carbonyl (C=O) groups is 5. The van der Waals surface area contributed by atoms with Gasteiger partial charge < -0.3 is 19.7 Å². The molecule has 11 heteroatoms. The Bertz CT molecular complexity index is 585. The fourth-order valence-electron chi connectivity index (χ4n) is 2.19. The molecule has 0 unspecified atom stereocenters. The summed E-state index contributed by atoms with van der Waals surface area (Å²) in [7, 11) is 1.17. The summed E-state index contributed by atoms with van der Waals surface area (Å²) in [6.07, 6.45) is 0.868. The van der Waals surface area contributed by atoms with E-state index in [1.807, 2.05) is 0 Å². The zero-order valence-corrected chi connectivity index (χ0v) is 15.2. The molecule has 4 amide bonds. The normalized spacial score (nSPS) is 16.5. The molecular formula is C15H24N4O7. The maximum atomic E-state index is 12.2. The Hall–Kier alpha value is -2.85. The van der Waals surface area contributed by atoms with E-state index in [1.165, 1.54) is 7.11 Å². The number of nitrogens with one attached hydrogen (secondary N) is 3. The average Bonchev–Trinajstić information content (AvgIpc) is 3.04. The number of rotatable bonds is 3. The van der Waals surface area contributed by atoms with Crippen molar-refractivity contribution in [3.63, 3.8) is 0 Å². The van der Waals surface area contributed by atoms with E-state index in [4.69, 9.17) is 4.74 Å². The highest BCUT2D eigenvalue weighted by atomic mass is 16.6. The Morgan fingerprint density at radius 2 is 1.77 bits per heavy atom. The van der Waals surface area contributed by atoms with Gasteiger partial charge in [-0.05, 0) is 33.6 Å². The quantitative estimate of drug-likeness (QED) is 0.321. The van der Waals surface area contributed by atoms with Crippen LogP contribution in [0.5, 0.6) is 0 Å². The van der Waals surface area contributed by atoms with Crippen molar-refractivity contribution in [3.05, 3.63) is 0 Å². The number of amides is 4. The van der Waals surface area contributed by atoms with E-state index in [0.29, 0.717) is 12.8 Å². The number of likely N-dealkylation sites (tertiary alicyclic amines) is 1. The molecule has 1 saturated heterocycles. The van der Waals surface area contributed by atoms with E-state index < -0.39 is 41.4 Å². The molecule has 1 atom stereocenters. The van der Waals surface area contributed by atoms with Crippen LogP contribution >= 0.6 is 0 Å². The number of methoxy groups -OCH3 is 1. The van der Waals surface area contributed by atoms with E-state index in [1.54, 1.807) is 20.8 Å². The van der Waals surface area contributed by atoms with Gasteiger partial charge in [0.1, 0.15) is 18.2 Å². The topological polar surface area (TPSA) is 143 Å². The van der Waals surface area contributed by atoms with Crippen LogP contribution in [0, 0.1) is 0 Å². The minimum absolute atomic E-state index is 0.227. The lowest BCUT2D eigenvalue weighted by atomic mass is 10.2. The van der Waals surface area contributed by atoms with E-state index >= 15 is 0 Å². The molecule has 1 aliphatic heterocycles. The van der Waals surface area contributed by atoms with Crippen molar-refractivity contribution in [2.75, 3.05) is 20.2 Å². The van der Waals surface area contributed by atoms with Crippen molar-refractivity contribution >= 4 is 29.8 Å². The third-order valence-corrected chi connectivity index (χ3v) is 3.31. The maximum absolute atomic E-state index is 12.2. The Kier molecular flexibility index (Phi) is 7.35. The Balaban J connectivity index is 2.54. The van der Waals surface area contributed by atoms with Crippen LogP contribution in [0.4, 0.5) is 4.79 Å². The van der Waals surface area contributed by atoms with Crippen LogP contribution in [0.1, 0.15) is 33.6 Å². The van der Waals surface area contributed by atoms with Crippen molar-refractivity contribution in [3.8, 4) is 0 Å². The first kappa shape index (κ1) is 21.2. The predicted octanol–water partition coefficient (Wildman–Crippen LogP) is -1.18. The second-order valence-corrected chi connectivity index (χ2v) is 6.53. The number of esters is 2. The molecular weight excluding hydrogens is 348 g/mol. The minimum atomic E-state index is -1.04. The zero-order valence-electron chi connectivity index (χ0n) is 15.2. The van der Waals surface area contributed by atoms with Crippen molar-refractivity contribution in [2.24, 2.45) is 0 Å². The fraction of sp³-hybridized carbons (Fsp3) is 0.667. The molecule has 11 nitrogen and oxygen atoms in total. The summed E-state index contributed by atoms with van der Waals surface area (Å²) in [5.74, 6) is -3.27. The summed E-state index contributed by atoms with van der Waals surface area (Å²) in [6, 6.07) is -1.73. The van der Waals surface area contributed by atoms with E-state index in [0.717, 1.165) is 4.90 Å². The third-order valence-electron chi connectivity index (χ3n) is 3.31. The summed E-state index contributed by atoms with van der Waals surface area (Å²) < 4.78 is 9.37. The van der Waals surface area contributed by atoms with Crippen LogP contribution in [0.2, 0.25) is 0 Å². The van der Waals surface area contributed by atoms with Gasteiger partial charge in [-0.3, -0.25) is 19.8 Å². The number of ether oxygens (including phenoxy) is 2. The van der Waals surface area contributed by atoms with Gasteiger partial charge in [0.15, 0.2) is 0 Å². The van der Waals surface area contributed by atoms with Gasteiger partial charge in [-0.25, -0.2) is 15.0 Å². The highest BCUT2D eigenvalue weighted by molar-refractivity contribution is 6.33. The van der Waals surface area contributed by atoms with Crippen LogP contribution in [0.15, 0.2) is 0 Å². The SMILES string of the molecule is COC(=O)CNC(=O)NNC(=O)[C@@H]1CCCN1C(=O)C(=O)OC(C)(C)C. The Morgan fingerprint density at radius 1 is 1.12 bits per heavy atom. The number of hydrogen-bond acceptors (Lipinski definition) is 7. The highest BCUT2D eigenvalue weighted by Crippen LogP contribution is 2.19. The van der Waals surface area contributed by atoms with Gasteiger partial charge in [0.05, 0.1) is 7.11 Å². The van der Waals surface area contributed by atoms with Crippen molar-refractivity contribution in [2.45, 2.75) is 45.3 Å². The Labute approximate surface area is 150 Å². The highest BCUT2D eigenvalue weighted by Gasteiger charge is 2.38. The molecule has 1 fully saturated rings. The van der Waals surface area contributed by atoms with Gasteiger partial charge in [-0.1, -0.05) is 0 Å². The molecule has 1 rings (SSSR count). The number of carbonyl (C=O) groups excluding carboxylic acids is 5. The summed E-state index contributed by atoms with van der Waals surface area (Å²) >= 11 is 0. The molecule has 0 bridgehead atoms. The summed E-state index contributed by atoms with van der Waals surface area (Å²) in [4.78, 5) is 59.7. The molecule has 146 valence electrons. The second-order valence-electron chi connectivity index (χ2n) is 6.53. The largest absolute Gasteiger partial charge is 0.468 e. The standard InChI is InChI=1S/C15H24N4O7/c1-15(2,3)26-13(23)12(22)19-7-5-6-9(19)11(21)17-18-14(24)16-8-10(20)25-4/h9H,5-8H2,1-4H3,(H,17,21)(H2,16,18,24)/t9-/m0/s1. The lowest BCUT2D eigenvalue weighted by Gasteiger charge is -2.25. The van der Waals surface area contributed by atoms with Crippen LogP contribution in [-0.2, 0) is 28.7 Å². The summed E-state index contributed by atoms with van der Waals surface area (Å²) in [5.41, 5.74) is 3.36. The van der Waals surface area contributed by atoms with Crippen molar-refractivity contribution in [1.82, 2.24) is 21.1 Å².